The molecule has 0 N–H and O–H groups in total. The summed E-state index contributed by atoms with van der Waals surface area (Å²) in [6, 6.07) is 0. The van der Waals surface area contributed by atoms with Gasteiger partial charge in [-0.2, -0.15) is 0 Å². The zero-order valence-corrected chi connectivity index (χ0v) is 9.12. The molecule has 1 unspecified atom stereocenters. The maximum Gasteiger partial charge on any atom is 0.231 e. The van der Waals surface area contributed by atoms with Gasteiger partial charge in [0.25, 0.3) is 0 Å². The minimum Gasteiger partial charge on any atom is -0.350 e. The van der Waals surface area contributed by atoms with Crippen LogP contribution in [0.15, 0.2) is 0 Å². The molecule has 0 aromatic carbocycles. The van der Waals surface area contributed by atoms with E-state index in [-0.39, 0.29) is 12.2 Å². The zero-order valence-electron chi connectivity index (χ0n) is 9.12. The molecule has 0 amide bonds. The smallest absolute Gasteiger partial charge is 0.231 e. The van der Waals surface area contributed by atoms with Crippen molar-refractivity contribution < 1.29 is 18.9 Å². The minimum atomic E-state index is -0.219. The summed E-state index contributed by atoms with van der Waals surface area (Å²) in [5.41, 5.74) is 0. The first kappa shape index (κ1) is 11.9. The van der Waals surface area contributed by atoms with Crippen molar-refractivity contribution in [3.8, 4) is 0 Å². The van der Waals surface area contributed by atoms with Crippen LogP contribution in [0.4, 0.5) is 0 Å². The Morgan fingerprint density at radius 1 is 1.21 bits per heavy atom. The van der Waals surface area contributed by atoms with Gasteiger partial charge in [0.05, 0.1) is 19.1 Å². The van der Waals surface area contributed by atoms with Crippen molar-refractivity contribution in [1.82, 2.24) is 0 Å². The molecule has 0 aliphatic carbocycles. The Labute approximate surface area is 85.5 Å². The highest BCUT2D eigenvalue weighted by atomic mass is 16.7. The fraction of sp³-hybridized carbons (Fsp3) is 0.900. The van der Waals surface area contributed by atoms with Crippen LogP contribution < -0.4 is 0 Å². The van der Waals surface area contributed by atoms with Crippen molar-refractivity contribution in [2.75, 3.05) is 26.4 Å². The van der Waals surface area contributed by atoms with E-state index in [9.17, 15) is 0 Å². The second-order valence-corrected chi connectivity index (χ2v) is 3.08. The lowest BCUT2D eigenvalue weighted by molar-refractivity contribution is -0.146. The fourth-order valence-electron chi connectivity index (χ4n) is 1.37. The number of hydrogen-bond acceptors (Lipinski definition) is 4. The van der Waals surface area contributed by atoms with Crippen LogP contribution in [0.2, 0.25) is 0 Å². The predicted molar refractivity (Wildman–Crippen MR) is 51.4 cm³/mol. The molecule has 0 spiro atoms. The molecule has 0 bridgehead atoms. The first-order valence-corrected chi connectivity index (χ1v) is 5.15. The summed E-state index contributed by atoms with van der Waals surface area (Å²) in [7, 11) is 0. The molecule has 83 valence electrons. The van der Waals surface area contributed by atoms with Gasteiger partial charge in [0.2, 0.25) is 6.29 Å². The SMILES string of the molecule is CCO[C](OCC)C(C)C1OCCO1. The van der Waals surface area contributed by atoms with E-state index in [0.717, 1.165) is 0 Å². The topological polar surface area (TPSA) is 36.9 Å². The molecule has 1 fully saturated rings. The maximum absolute atomic E-state index is 5.39. The Morgan fingerprint density at radius 2 is 1.71 bits per heavy atom. The van der Waals surface area contributed by atoms with Crippen LogP contribution in [0.5, 0.6) is 0 Å². The van der Waals surface area contributed by atoms with Crippen molar-refractivity contribution in [2.45, 2.75) is 27.1 Å². The first-order valence-electron chi connectivity index (χ1n) is 5.15. The van der Waals surface area contributed by atoms with Crippen LogP contribution in [0.1, 0.15) is 20.8 Å². The second-order valence-electron chi connectivity index (χ2n) is 3.08. The molecule has 1 saturated heterocycles. The molecule has 0 aromatic rings. The van der Waals surface area contributed by atoms with E-state index in [1.54, 1.807) is 0 Å². The van der Waals surface area contributed by atoms with E-state index in [0.29, 0.717) is 32.7 Å². The Kier molecular flexibility index (Phi) is 5.40. The van der Waals surface area contributed by atoms with Crippen molar-refractivity contribution in [1.29, 1.82) is 0 Å². The van der Waals surface area contributed by atoms with Gasteiger partial charge in [0, 0.05) is 13.2 Å². The summed E-state index contributed by atoms with van der Waals surface area (Å²) in [6.45, 7) is 8.36. The lowest BCUT2D eigenvalue weighted by atomic mass is 10.1. The molecular formula is C10H19O4. The van der Waals surface area contributed by atoms with Crippen molar-refractivity contribution >= 4 is 0 Å². The molecule has 0 saturated carbocycles. The van der Waals surface area contributed by atoms with Gasteiger partial charge >= 0.3 is 0 Å². The monoisotopic (exact) mass is 203 g/mol. The molecular weight excluding hydrogens is 184 g/mol. The summed E-state index contributed by atoms with van der Waals surface area (Å²) < 4.78 is 21.6. The molecule has 4 nitrogen and oxygen atoms in total. The van der Waals surface area contributed by atoms with Gasteiger partial charge in [0.15, 0.2) is 6.29 Å². The Morgan fingerprint density at radius 3 is 2.14 bits per heavy atom. The van der Waals surface area contributed by atoms with Gasteiger partial charge in [-0.05, 0) is 13.8 Å². The highest BCUT2D eigenvalue weighted by Crippen LogP contribution is 2.25. The van der Waals surface area contributed by atoms with Gasteiger partial charge < -0.3 is 18.9 Å². The largest absolute Gasteiger partial charge is 0.350 e. The zero-order chi connectivity index (χ0) is 10.4. The first-order chi connectivity index (χ1) is 6.79. The second kappa shape index (κ2) is 6.35. The van der Waals surface area contributed by atoms with Gasteiger partial charge in [-0.3, -0.25) is 0 Å². The Bertz CT molecular complexity index is 139. The minimum absolute atomic E-state index is 0.0254. The van der Waals surface area contributed by atoms with Crippen molar-refractivity contribution in [3.63, 3.8) is 0 Å². The van der Waals surface area contributed by atoms with E-state index in [1.165, 1.54) is 0 Å². The molecule has 1 aliphatic rings. The molecule has 0 aromatic heterocycles. The van der Waals surface area contributed by atoms with Gasteiger partial charge in [0.1, 0.15) is 0 Å². The molecule has 4 heteroatoms. The Hall–Kier alpha value is -0.160. The summed E-state index contributed by atoms with van der Waals surface area (Å²) in [5, 5.41) is 0. The lowest BCUT2D eigenvalue weighted by Crippen LogP contribution is -2.28. The van der Waals surface area contributed by atoms with Crippen LogP contribution in [0, 0.1) is 12.2 Å². The number of rotatable bonds is 6. The Balaban J connectivity index is 2.39. The summed E-state index contributed by atoms with van der Waals surface area (Å²) in [5.74, 6) is 0.0254. The van der Waals surface area contributed by atoms with E-state index >= 15 is 0 Å². The third-order valence-corrected chi connectivity index (χ3v) is 2.00. The van der Waals surface area contributed by atoms with Crippen LogP contribution >= 0.6 is 0 Å². The van der Waals surface area contributed by atoms with Gasteiger partial charge in [-0.1, -0.05) is 6.92 Å². The quantitative estimate of drug-likeness (QED) is 0.656. The van der Waals surface area contributed by atoms with Crippen LogP contribution in [0.3, 0.4) is 0 Å². The van der Waals surface area contributed by atoms with Crippen molar-refractivity contribution in [2.24, 2.45) is 5.92 Å². The maximum atomic E-state index is 5.39. The molecule has 1 rings (SSSR count). The molecule has 1 aliphatic heterocycles. The van der Waals surface area contributed by atoms with Crippen LogP contribution in [0.25, 0.3) is 0 Å². The standard InChI is InChI=1S/C10H19O4/c1-4-11-9(12-5-2)8(3)10-13-6-7-14-10/h8,10H,4-7H2,1-3H3. The average molecular weight is 203 g/mol. The van der Waals surface area contributed by atoms with Gasteiger partial charge in [-0.15, -0.1) is 0 Å². The predicted octanol–water partition coefficient (Wildman–Crippen LogP) is 1.56. The lowest BCUT2D eigenvalue weighted by Gasteiger charge is -2.25. The van der Waals surface area contributed by atoms with E-state index in [4.69, 9.17) is 18.9 Å². The fourth-order valence-corrected chi connectivity index (χ4v) is 1.37. The average Bonchev–Trinajstić information content (AvgIpc) is 2.69. The van der Waals surface area contributed by atoms with E-state index in [2.05, 4.69) is 0 Å². The van der Waals surface area contributed by atoms with E-state index < -0.39 is 0 Å². The van der Waals surface area contributed by atoms with Crippen LogP contribution in [-0.4, -0.2) is 32.7 Å². The normalized spacial score (nSPS) is 20.6. The van der Waals surface area contributed by atoms with Crippen molar-refractivity contribution in [3.05, 3.63) is 6.29 Å². The summed E-state index contributed by atoms with van der Waals surface area (Å²) in [4.78, 5) is 0. The highest BCUT2D eigenvalue weighted by molar-refractivity contribution is 4.78. The molecule has 1 radical (unpaired) electrons. The number of hydrogen-bond donors (Lipinski definition) is 0. The van der Waals surface area contributed by atoms with E-state index in [1.807, 2.05) is 20.8 Å². The number of ether oxygens (including phenoxy) is 4. The van der Waals surface area contributed by atoms with Crippen LogP contribution in [-0.2, 0) is 18.9 Å². The summed E-state index contributed by atoms with van der Waals surface area (Å²) in [6.07, 6.45) is 0.394. The molecule has 1 atom stereocenters. The molecule has 14 heavy (non-hydrogen) atoms. The molecule has 1 heterocycles. The summed E-state index contributed by atoms with van der Waals surface area (Å²) >= 11 is 0. The third kappa shape index (κ3) is 3.20. The third-order valence-electron chi connectivity index (χ3n) is 2.00. The van der Waals surface area contributed by atoms with Gasteiger partial charge in [-0.25, -0.2) is 0 Å². The highest BCUT2D eigenvalue weighted by Gasteiger charge is 2.32.